The van der Waals surface area contributed by atoms with Gasteiger partial charge in [-0.05, 0) is 48.7 Å². The molecule has 1 aliphatic heterocycles. The molecule has 2 aromatic rings. The lowest BCUT2D eigenvalue weighted by Crippen LogP contribution is -2.35. The zero-order chi connectivity index (χ0) is 21.0. The van der Waals surface area contributed by atoms with Crippen molar-refractivity contribution in [2.75, 3.05) is 27.2 Å². The van der Waals surface area contributed by atoms with Crippen molar-refractivity contribution >= 4 is 27.5 Å². The Morgan fingerprint density at radius 3 is 2.38 bits per heavy atom. The molecule has 0 unspecified atom stereocenters. The Morgan fingerprint density at radius 1 is 1.10 bits per heavy atom. The van der Waals surface area contributed by atoms with Gasteiger partial charge < -0.3 is 9.64 Å². The molecule has 8 heteroatoms. The lowest BCUT2D eigenvalue weighted by atomic mass is 10.1. The molecule has 0 atom stereocenters. The Morgan fingerprint density at radius 2 is 1.76 bits per heavy atom. The number of rotatable bonds is 6. The molecule has 156 valence electrons. The van der Waals surface area contributed by atoms with Crippen molar-refractivity contribution in [3.8, 4) is 5.75 Å². The first kappa shape index (κ1) is 21.6. The third kappa shape index (κ3) is 4.91. The van der Waals surface area contributed by atoms with E-state index in [0.29, 0.717) is 30.4 Å². The van der Waals surface area contributed by atoms with Crippen LogP contribution in [0.3, 0.4) is 0 Å². The molecule has 1 fully saturated rings. The average Bonchev–Trinajstić information content (AvgIpc) is 2.74. The van der Waals surface area contributed by atoms with Gasteiger partial charge in [0.05, 0.1) is 17.6 Å². The maximum atomic E-state index is 13.1. The van der Waals surface area contributed by atoms with E-state index in [2.05, 4.69) is 0 Å². The van der Waals surface area contributed by atoms with Crippen LogP contribution in [-0.2, 0) is 16.6 Å². The van der Waals surface area contributed by atoms with Crippen molar-refractivity contribution in [3.05, 3.63) is 58.6 Å². The predicted molar refractivity (Wildman–Crippen MR) is 113 cm³/mol. The summed E-state index contributed by atoms with van der Waals surface area (Å²) in [7, 11) is -0.509. The van der Waals surface area contributed by atoms with E-state index in [1.54, 1.807) is 25.2 Å². The number of methoxy groups -OCH3 is 1. The molecular formula is C21H25ClN2O4S. The number of hydrogen-bond donors (Lipinski definition) is 0. The summed E-state index contributed by atoms with van der Waals surface area (Å²) in [6, 6.07) is 11.7. The number of benzene rings is 2. The summed E-state index contributed by atoms with van der Waals surface area (Å²) in [4.78, 5) is 14.7. The summed E-state index contributed by atoms with van der Waals surface area (Å²) in [5, 5.41) is 0.625. The van der Waals surface area contributed by atoms with Crippen molar-refractivity contribution in [2.45, 2.75) is 30.7 Å². The molecule has 1 amide bonds. The predicted octanol–water partition coefficient (Wildman–Crippen LogP) is 3.80. The highest BCUT2D eigenvalue weighted by atomic mass is 35.5. The van der Waals surface area contributed by atoms with Gasteiger partial charge in [0.15, 0.2) is 0 Å². The second-order valence-corrected chi connectivity index (χ2v) is 9.49. The standard InChI is InChI=1S/C21H25ClN2O4S/c1-23(15-16-6-8-17(22)9-7-16)21(25)19-14-18(10-11-20(19)28-2)29(26,27)24-12-4-3-5-13-24/h6-11,14H,3-5,12-13,15H2,1-2H3. The second-order valence-electron chi connectivity index (χ2n) is 7.11. The molecule has 6 nitrogen and oxygen atoms in total. The van der Waals surface area contributed by atoms with Crippen LogP contribution in [0.1, 0.15) is 35.2 Å². The highest BCUT2D eigenvalue weighted by molar-refractivity contribution is 7.89. The minimum absolute atomic E-state index is 0.114. The van der Waals surface area contributed by atoms with Crippen molar-refractivity contribution < 1.29 is 17.9 Å². The first-order chi connectivity index (χ1) is 13.8. The maximum Gasteiger partial charge on any atom is 0.257 e. The molecule has 0 aromatic heterocycles. The molecule has 1 saturated heterocycles. The Hall–Kier alpha value is -2.09. The van der Waals surface area contributed by atoms with Gasteiger partial charge >= 0.3 is 0 Å². The third-order valence-electron chi connectivity index (χ3n) is 5.03. The number of nitrogens with zero attached hydrogens (tertiary/aromatic N) is 2. The number of amides is 1. The van der Waals surface area contributed by atoms with Crippen LogP contribution >= 0.6 is 11.6 Å². The summed E-state index contributed by atoms with van der Waals surface area (Å²) in [6.45, 7) is 1.38. The smallest absolute Gasteiger partial charge is 0.257 e. The Balaban J connectivity index is 1.87. The van der Waals surface area contributed by atoms with Gasteiger partial charge in [-0.15, -0.1) is 0 Å². The van der Waals surface area contributed by atoms with E-state index < -0.39 is 10.0 Å². The topological polar surface area (TPSA) is 66.9 Å². The molecule has 1 aliphatic rings. The second kappa shape index (κ2) is 9.15. The van der Waals surface area contributed by atoms with Gasteiger partial charge in [-0.3, -0.25) is 4.79 Å². The minimum atomic E-state index is -3.64. The van der Waals surface area contributed by atoms with Crippen LogP contribution in [0.15, 0.2) is 47.4 Å². The molecule has 2 aromatic carbocycles. The summed E-state index contributed by atoms with van der Waals surface area (Å²) in [6.07, 6.45) is 2.74. The van der Waals surface area contributed by atoms with E-state index in [1.807, 2.05) is 12.1 Å². The number of piperidine rings is 1. The van der Waals surface area contributed by atoms with E-state index >= 15 is 0 Å². The van der Waals surface area contributed by atoms with Crippen molar-refractivity contribution in [2.24, 2.45) is 0 Å². The number of ether oxygens (including phenoxy) is 1. The van der Waals surface area contributed by atoms with Gasteiger partial charge in [0.2, 0.25) is 10.0 Å². The number of sulfonamides is 1. The van der Waals surface area contributed by atoms with Gasteiger partial charge in [-0.2, -0.15) is 4.31 Å². The molecule has 0 radical (unpaired) electrons. The number of hydrogen-bond acceptors (Lipinski definition) is 4. The van der Waals surface area contributed by atoms with Crippen molar-refractivity contribution in [1.82, 2.24) is 9.21 Å². The van der Waals surface area contributed by atoms with E-state index in [-0.39, 0.29) is 16.4 Å². The summed E-state index contributed by atoms with van der Waals surface area (Å²) in [5.74, 6) is 0.0306. The van der Waals surface area contributed by atoms with Crippen molar-refractivity contribution in [3.63, 3.8) is 0 Å². The third-order valence-corrected chi connectivity index (χ3v) is 7.18. The van der Waals surface area contributed by atoms with E-state index in [1.165, 1.54) is 28.4 Å². The van der Waals surface area contributed by atoms with Gasteiger partial charge in [0.1, 0.15) is 5.75 Å². The molecule has 0 aliphatic carbocycles. The van der Waals surface area contributed by atoms with Gasteiger partial charge in [0, 0.05) is 31.7 Å². The Bertz CT molecular complexity index is 971. The van der Waals surface area contributed by atoms with E-state index in [0.717, 1.165) is 24.8 Å². The highest BCUT2D eigenvalue weighted by Gasteiger charge is 2.28. The van der Waals surface area contributed by atoms with Crippen molar-refractivity contribution in [1.29, 1.82) is 0 Å². The lowest BCUT2D eigenvalue weighted by Gasteiger charge is -2.26. The first-order valence-electron chi connectivity index (χ1n) is 9.51. The van der Waals surface area contributed by atoms with Crippen LogP contribution in [-0.4, -0.2) is 50.8 Å². The molecule has 29 heavy (non-hydrogen) atoms. The number of halogens is 1. The minimum Gasteiger partial charge on any atom is -0.496 e. The summed E-state index contributed by atoms with van der Waals surface area (Å²) < 4.78 is 32.8. The normalized spacial score (nSPS) is 15.1. The fourth-order valence-corrected chi connectivity index (χ4v) is 5.08. The number of carbonyl (C=O) groups excluding carboxylic acids is 1. The first-order valence-corrected chi connectivity index (χ1v) is 11.3. The summed E-state index contributed by atoms with van der Waals surface area (Å²) in [5.41, 5.74) is 1.14. The largest absolute Gasteiger partial charge is 0.496 e. The molecule has 0 N–H and O–H groups in total. The molecule has 0 saturated carbocycles. The van der Waals surface area contributed by atoms with Crippen LogP contribution in [0.25, 0.3) is 0 Å². The van der Waals surface area contributed by atoms with Gasteiger partial charge in [-0.1, -0.05) is 30.2 Å². The molecule has 0 spiro atoms. The number of carbonyl (C=O) groups is 1. The maximum absolute atomic E-state index is 13.1. The van der Waals surface area contributed by atoms with Gasteiger partial charge in [0.25, 0.3) is 5.91 Å². The van der Waals surface area contributed by atoms with Crippen LogP contribution in [0, 0.1) is 0 Å². The van der Waals surface area contributed by atoms with Crippen LogP contribution in [0.4, 0.5) is 0 Å². The highest BCUT2D eigenvalue weighted by Crippen LogP contribution is 2.27. The zero-order valence-electron chi connectivity index (χ0n) is 16.6. The fraction of sp³-hybridized carbons (Fsp3) is 0.381. The lowest BCUT2D eigenvalue weighted by molar-refractivity contribution is 0.0781. The van der Waals surface area contributed by atoms with E-state index in [9.17, 15) is 13.2 Å². The van der Waals surface area contributed by atoms with Gasteiger partial charge in [-0.25, -0.2) is 8.42 Å². The zero-order valence-corrected chi connectivity index (χ0v) is 18.2. The van der Waals surface area contributed by atoms with E-state index in [4.69, 9.17) is 16.3 Å². The van der Waals surface area contributed by atoms with Crippen LogP contribution < -0.4 is 4.74 Å². The average molecular weight is 437 g/mol. The van der Waals surface area contributed by atoms with Crippen LogP contribution in [0.5, 0.6) is 5.75 Å². The molecule has 0 bridgehead atoms. The molecule has 1 heterocycles. The Kier molecular flexibility index (Phi) is 6.82. The molecular weight excluding hydrogens is 412 g/mol. The summed E-state index contributed by atoms with van der Waals surface area (Å²) >= 11 is 5.91. The fourth-order valence-electron chi connectivity index (χ4n) is 3.41. The van der Waals surface area contributed by atoms with Crippen LogP contribution in [0.2, 0.25) is 5.02 Å². The molecule has 3 rings (SSSR count). The Labute approximate surface area is 177 Å². The quantitative estimate of drug-likeness (QED) is 0.690. The SMILES string of the molecule is COc1ccc(S(=O)(=O)N2CCCCC2)cc1C(=O)N(C)Cc1ccc(Cl)cc1. The monoisotopic (exact) mass is 436 g/mol.